The molecular formula is C13H27N3O2. The van der Waals surface area contributed by atoms with Gasteiger partial charge in [-0.05, 0) is 34.1 Å². The van der Waals surface area contributed by atoms with Gasteiger partial charge in [0.1, 0.15) is 0 Å². The number of amides is 2. The third-order valence-electron chi connectivity index (χ3n) is 2.26. The first kappa shape index (κ1) is 16.9. The SMILES string of the molecule is CCCNC(=O)C(C)NCCC(=O)NC(C)(C)C. The molecule has 2 amide bonds. The third kappa shape index (κ3) is 8.98. The average molecular weight is 257 g/mol. The first-order valence-corrected chi connectivity index (χ1v) is 6.58. The van der Waals surface area contributed by atoms with E-state index in [4.69, 9.17) is 0 Å². The fourth-order valence-electron chi connectivity index (χ4n) is 1.38. The predicted molar refractivity (Wildman–Crippen MR) is 73.3 cm³/mol. The quantitative estimate of drug-likeness (QED) is 0.631. The summed E-state index contributed by atoms with van der Waals surface area (Å²) in [5.74, 6) is -0.0238. The average Bonchev–Trinajstić information content (AvgIpc) is 2.23. The fourth-order valence-corrected chi connectivity index (χ4v) is 1.38. The largest absolute Gasteiger partial charge is 0.355 e. The van der Waals surface area contributed by atoms with E-state index in [0.717, 1.165) is 6.42 Å². The molecule has 0 aliphatic heterocycles. The van der Waals surface area contributed by atoms with Crippen molar-refractivity contribution in [3.63, 3.8) is 0 Å². The van der Waals surface area contributed by atoms with E-state index < -0.39 is 0 Å². The molecule has 5 heteroatoms. The van der Waals surface area contributed by atoms with E-state index in [0.29, 0.717) is 19.5 Å². The molecule has 0 fully saturated rings. The summed E-state index contributed by atoms with van der Waals surface area (Å²) in [5.41, 5.74) is -0.207. The van der Waals surface area contributed by atoms with E-state index in [1.165, 1.54) is 0 Å². The van der Waals surface area contributed by atoms with Crippen molar-refractivity contribution >= 4 is 11.8 Å². The van der Waals surface area contributed by atoms with Crippen LogP contribution in [0.2, 0.25) is 0 Å². The minimum Gasteiger partial charge on any atom is -0.355 e. The van der Waals surface area contributed by atoms with Gasteiger partial charge in [0.25, 0.3) is 0 Å². The highest BCUT2D eigenvalue weighted by molar-refractivity contribution is 5.81. The third-order valence-corrected chi connectivity index (χ3v) is 2.26. The molecule has 18 heavy (non-hydrogen) atoms. The number of carbonyl (C=O) groups is 2. The summed E-state index contributed by atoms with van der Waals surface area (Å²) in [6.45, 7) is 10.8. The Kier molecular flexibility index (Phi) is 7.59. The zero-order valence-electron chi connectivity index (χ0n) is 12.2. The van der Waals surface area contributed by atoms with Crippen LogP contribution in [0.5, 0.6) is 0 Å². The lowest BCUT2D eigenvalue weighted by atomic mass is 10.1. The van der Waals surface area contributed by atoms with Crippen molar-refractivity contribution in [1.82, 2.24) is 16.0 Å². The maximum atomic E-state index is 11.5. The number of hydrogen-bond donors (Lipinski definition) is 3. The van der Waals surface area contributed by atoms with Crippen LogP contribution in [0.1, 0.15) is 47.5 Å². The molecule has 3 N–H and O–H groups in total. The molecule has 0 aliphatic rings. The van der Waals surface area contributed by atoms with Crippen molar-refractivity contribution in [2.24, 2.45) is 0 Å². The van der Waals surface area contributed by atoms with Crippen molar-refractivity contribution in [3.05, 3.63) is 0 Å². The molecule has 0 heterocycles. The Labute approximate surface area is 110 Å². The van der Waals surface area contributed by atoms with Crippen LogP contribution >= 0.6 is 0 Å². The van der Waals surface area contributed by atoms with Gasteiger partial charge in [-0.25, -0.2) is 0 Å². The summed E-state index contributed by atoms with van der Waals surface area (Å²) < 4.78 is 0. The highest BCUT2D eigenvalue weighted by Gasteiger charge is 2.15. The van der Waals surface area contributed by atoms with Gasteiger partial charge in [-0.1, -0.05) is 6.92 Å². The molecule has 0 rings (SSSR count). The molecule has 5 nitrogen and oxygen atoms in total. The van der Waals surface area contributed by atoms with Crippen LogP contribution in [0, 0.1) is 0 Å². The molecule has 0 saturated heterocycles. The number of carbonyl (C=O) groups excluding carboxylic acids is 2. The van der Waals surface area contributed by atoms with Crippen LogP contribution in [-0.2, 0) is 9.59 Å². The van der Waals surface area contributed by atoms with Gasteiger partial charge in [-0.3, -0.25) is 9.59 Å². The second-order valence-corrected chi connectivity index (χ2v) is 5.52. The van der Waals surface area contributed by atoms with Gasteiger partial charge in [-0.15, -0.1) is 0 Å². The lowest BCUT2D eigenvalue weighted by Crippen LogP contribution is -2.45. The van der Waals surface area contributed by atoms with E-state index in [1.54, 1.807) is 6.92 Å². The van der Waals surface area contributed by atoms with Gasteiger partial charge in [0.15, 0.2) is 0 Å². The molecule has 1 unspecified atom stereocenters. The first-order valence-electron chi connectivity index (χ1n) is 6.58. The molecule has 0 bridgehead atoms. The molecule has 1 atom stereocenters. The van der Waals surface area contributed by atoms with E-state index in [1.807, 2.05) is 27.7 Å². The van der Waals surface area contributed by atoms with Crippen LogP contribution in [0.15, 0.2) is 0 Å². The highest BCUT2D eigenvalue weighted by Crippen LogP contribution is 1.98. The maximum absolute atomic E-state index is 11.5. The monoisotopic (exact) mass is 257 g/mol. The molecule has 0 aromatic carbocycles. The highest BCUT2D eigenvalue weighted by atomic mass is 16.2. The van der Waals surface area contributed by atoms with Gasteiger partial charge in [0.05, 0.1) is 6.04 Å². The van der Waals surface area contributed by atoms with Gasteiger partial charge < -0.3 is 16.0 Å². The first-order chi connectivity index (χ1) is 8.26. The van der Waals surface area contributed by atoms with Gasteiger partial charge in [0.2, 0.25) is 11.8 Å². The van der Waals surface area contributed by atoms with Crippen LogP contribution < -0.4 is 16.0 Å². The Bertz CT molecular complexity index is 272. The van der Waals surface area contributed by atoms with Crippen molar-refractivity contribution in [3.8, 4) is 0 Å². The molecular weight excluding hydrogens is 230 g/mol. The second-order valence-electron chi connectivity index (χ2n) is 5.52. The Hall–Kier alpha value is -1.10. The minimum atomic E-state index is -0.265. The van der Waals surface area contributed by atoms with Crippen molar-refractivity contribution in [2.45, 2.75) is 59.0 Å². The van der Waals surface area contributed by atoms with Gasteiger partial charge >= 0.3 is 0 Å². The number of nitrogens with one attached hydrogen (secondary N) is 3. The number of rotatable bonds is 7. The molecule has 0 saturated carbocycles. The zero-order valence-corrected chi connectivity index (χ0v) is 12.2. The summed E-state index contributed by atoms with van der Waals surface area (Å²) in [4.78, 5) is 23.1. The van der Waals surface area contributed by atoms with E-state index in [-0.39, 0.29) is 23.4 Å². The van der Waals surface area contributed by atoms with E-state index >= 15 is 0 Å². The zero-order chi connectivity index (χ0) is 14.2. The van der Waals surface area contributed by atoms with Gasteiger partial charge in [0, 0.05) is 25.0 Å². The summed E-state index contributed by atoms with van der Waals surface area (Å²) in [5, 5.41) is 8.72. The van der Waals surface area contributed by atoms with E-state index in [9.17, 15) is 9.59 Å². The molecule has 0 aliphatic carbocycles. The molecule has 0 aromatic heterocycles. The Morgan fingerprint density at radius 3 is 2.28 bits per heavy atom. The number of hydrogen-bond acceptors (Lipinski definition) is 3. The molecule has 0 spiro atoms. The summed E-state index contributed by atoms with van der Waals surface area (Å²) in [6.07, 6.45) is 1.30. The van der Waals surface area contributed by atoms with Crippen molar-refractivity contribution in [1.29, 1.82) is 0 Å². The predicted octanol–water partition coefficient (Wildman–Crippen LogP) is 0.796. The lowest BCUT2D eigenvalue weighted by molar-refractivity contribution is -0.124. The van der Waals surface area contributed by atoms with Gasteiger partial charge in [-0.2, -0.15) is 0 Å². The summed E-state index contributed by atoms with van der Waals surface area (Å²) in [6, 6.07) is -0.265. The van der Waals surface area contributed by atoms with Crippen LogP contribution in [0.3, 0.4) is 0 Å². The Morgan fingerprint density at radius 1 is 1.17 bits per heavy atom. The summed E-state index contributed by atoms with van der Waals surface area (Å²) in [7, 11) is 0. The van der Waals surface area contributed by atoms with Crippen molar-refractivity contribution < 1.29 is 9.59 Å². The smallest absolute Gasteiger partial charge is 0.236 e. The molecule has 0 aromatic rings. The fraction of sp³-hybridized carbons (Fsp3) is 0.846. The van der Waals surface area contributed by atoms with Crippen molar-refractivity contribution in [2.75, 3.05) is 13.1 Å². The maximum Gasteiger partial charge on any atom is 0.236 e. The van der Waals surface area contributed by atoms with Crippen LogP contribution in [0.25, 0.3) is 0 Å². The standard InChI is InChI=1S/C13H27N3O2/c1-6-8-15-12(18)10(2)14-9-7-11(17)16-13(3,4)5/h10,14H,6-9H2,1-5H3,(H,15,18)(H,16,17). The normalized spacial score (nSPS) is 12.9. The Balaban J connectivity index is 3.77. The topological polar surface area (TPSA) is 70.2 Å². The minimum absolute atomic E-state index is 0.00355. The summed E-state index contributed by atoms with van der Waals surface area (Å²) >= 11 is 0. The second kappa shape index (κ2) is 8.08. The Morgan fingerprint density at radius 2 is 1.78 bits per heavy atom. The van der Waals surface area contributed by atoms with Crippen LogP contribution in [-0.4, -0.2) is 36.5 Å². The lowest BCUT2D eigenvalue weighted by Gasteiger charge is -2.21. The molecule has 0 radical (unpaired) electrons. The van der Waals surface area contributed by atoms with Crippen LogP contribution in [0.4, 0.5) is 0 Å². The molecule has 106 valence electrons. The van der Waals surface area contributed by atoms with E-state index in [2.05, 4.69) is 16.0 Å².